The Kier molecular flexibility index (Phi) is 7.60. The third-order valence-corrected chi connectivity index (χ3v) is 4.62. The summed E-state index contributed by atoms with van der Waals surface area (Å²) < 4.78 is 1.86. The molecule has 0 saturated heterocycles. The van der Waals surface area contributed by atoms with Gasteiger partial charge in [0.25, 0.3) is 0 Å². The summed E-state index contributed by atoms with van der Waals surface area (Å²) in [6.45, 7) is 1.96. The average Bonchev–Trinajstić information content (AvgIpc) is 3.26. The maximum Gasteiger partial charge on any atom is 0.317 e. The van der Waals surface area contributed by atoms with Crippen molar-refractivity contribution >= 4 is 11.9 Å². The van der Waals surface area contributed by atoms with Crippen LogP contribution in [0.4, 0.5) is 4.79 Å². The van der Waals surface area contributed by atoms with Crippen molar-refractivity contribution in [2.45, 2.75) is 26.1 Å². The highest BCUT2D eigenvalue weighted by Crippen LogP contribution is 2.07. The molecule has 0 bridgehead atoms. The van der Waals surface area contributed by atoms with E-state index in [1.54, 1.807) is 18.1 Å². The highest BCUT2D eigenvalue weighted by Gasteiger charge is 2.09. The lowest BCUT2D eigenvalue weighted by Gasteiger charge is -2.18. The lowest BCUT2D eigenvalue weighted by molar-refractivity contribution is -0.121. The van der Waals surface area contributed by atoms with Crippen LogP contribution in [-0.4, -0.2) is 40.2 Å². The van der Waals surface area contributed by atoms with Crippen LogP contribution in [0, 0.1) is 0 Å². The van der Waals surface area contributed by atoms with Crippen molar-refractivity contribution in [2.75, 3.05) is 13.6 Å². The number of nitrogens with one attached hydrogen (secondary N) is 2. The number of rotatable bonds is 9. The summed E-state index contributed by atoms with van der Waals surface area (Å²) in [6.07, 6.45) is 3.90. The molecule has 30 heavy (non-hydrogen) atoms. The fraction of sp³-hybridized carbons (Fsp3) is 0.261. The molecule has 0 unspecified atom stereocenters. The minimum absolute atomic E-state index is 0.0986. The second-order valence-corrected chi connectivity index (χ2v) is 7.12. The van der Waals surface area contributed by atoms with Crippen LogP contribution in [0.1, 0.15) is 23.1 Å². The van der Waals surface area contributed by atoms with Gasteiger partial charge in [0.15, 0.2) is 0 Å². The van der Waals surface area contributed by atoms with Crippen molar-refractivity contribution in [1.82, 2.24) is 25.3 Å². The molecule has 0 aliphatic carbocycles. The highest BCUT2D eigenvalue weighted by molar-refractivity contribution is 5.78. The zero-order valence-corrected chi connectivity index (χ0v) is 17.1. The van der Waals surface area contributed by atoms with Crippen molar-refractivity contribution in [3.63, 3.8) is 0 Å². The molecule has 0 spiro atoms. The molecule has 1 heterocycles. The Morgan fingerprint density at radius 1 is 0.967 bits per heavy atom. The SMILES string of the molecule is CN(Cc1ccccc1)C(=O)NCCC(=O)NCc1cccc(Cn2cccn2)c1. The Labute approximate surface area is 176 Å². The van der Waals surface area contributed by atoms with E-state index in [-0.39, 0.29) is 18.4 Å². The number of hydrogen-bond donors (Lipinski definition) is 2. The summed E-state index contributed by atoms with van der Waals surface area (Å²) in [7, 11) is 1.73. The van der Waals surface area contributed by atoms with Gasteiger partial charge >= 0.3 is 6.03 Å². The minimum atomic E-state index is -0.196. The van der Waals surface area contributed by atoms with E-state index in [0.717, 1.165) is 16.7 Å². The van der Waals surface area contributed by atoms with Crippen LogP contribution in [0.2, 0.25) is 0 Å². The number of amides is 3. The molecule has 7 heteroatoms. The molecule has 3 rings (SSSR count). The molecule has 0 saturated carbocycles. The predicted molar refractivity (Wildman–Crippen MR) is 116 cm³/mol. The van der Waals surface area contributed by atoms with Crippen LogP contribution < -0.4 is 10.6 Å². The fourth-order valence-corrected chi connectivity index (χ4v) is 3.06. The molecule has 156 valence electrons. The van der Waals surface area contributed by atoms with E-state index >= 15 is 0 Å². The zero-order chi connectivity index (χ0) is 21.2. The lowest BCUT2D eigenvalue weighted by Crippen LogP contribution is -2.38. The number of hydrogen-bond acceptors (Lipinski definition) is 3. The quantitative estimate of drug-likeness (QED) is 0.575. The molecule has 3 amide bonds. The van der Waals surface area contributed by atoms with E-state index in [4.69, 9.17) is 0 Å². The molecule has 0 aliphatic heterocycles. The monoisotopic (exact) mass is 405 g/mol. The van der Waals surface area contributed by atoms with Gasteiger partial charge in [-0.2, -0.15) is 5.10 Å². The largest absolute Gasteiger partial charge is 0.352 e. The Bertz CT molecular complexity index is 941. The van der Waals surface area contributed by atoms with Gasteiger partial charge in [-0.25, -0.2) is 4.79 Å². The van der Waals surface area contributed by atoms with Crippen molar-refractivity contribution < 1.29 is 9.59 Å². The van der Waals surface area contributed by atoms with Crippen LogP contribution in [0.25, 0.3) is 0 Å². The Hall–Kier alpha value is -3.61. The van der Waals surface area contributed by atoms with Gasteiger partial charge in [-0.15, -0.1) is 0 Å². The maximum atomic E-state index is 12.2. The number of carbonyl (C=O) groups excluding carboxylic acids is 2. The van der Waals surface area contributed by atoms with Gasteiger partial charge < -0.3 is 15.5 Å². The number of carbonyl (C=O) groups is 2. The number of nitrogens with zero attached hydrogens (tertiary/aromatic N) is 3. The zero-order valence-electron chi connectivity index (χ0n) is 17.1. The summed E-state index contributed by atoms with van der Waals surface area (Å²) in [5, 5.41) is 9.89. The molecule has 0 fully saturated rings. The molecule has 3 aromatic rings. The number of urea groups is 1. The van der Waals surface area contributed by atoms with Crippen molar-refractivity contribution in [3.05, 3.63) is 89.7 Å². The first-order valence-electron chi connectivity index (χ1n) is 9.95. The molecule has 1 aromatic heterocycles. The molecule has 0 aliphatic rings. The first kappa shape index (κ1) is 21.1. The molecule has 7 nitrogen and oxygen atoms in total. The topological polar surface area (TPSA) is 79.3 Å². The van der Waals surface area contributed by atoms with Crippen molar-refractivity contribution in [1.29, 1.82) is 0 Å². The Morgan fingerprint density at radius 3 is 2.50 bits per heavy atom. The fourth-order valence-electron chi connectivity index (χ4n) is 3.06. The molecule has 0 atom stereocenters. The van der Waals surface area contributed by atoms with Crippen LogP contribution in [0.5, 0.6) is 0 Å². The Morgan fingerprint density at radius 2 is 1.73 bits per heavy atom. The molecular formula is C23H27N5O2. The summed E-state index contributed by atoms with van der Waals surface area (Å²) in [6, 6.07) is 19.5. The van der Waals surface area contributed by atoms with E-state index in [1.165, 1.54) is 0 Å². The van der Waals surface area contributed by atoms with E-state index in [1.807, 2.05) is 65.5 Å². The van der Waals surface area contributed by atoms with Crippen molar-refractivity contribution in [3.8, 4) is 0 Å². The van der Waals surface area contributed by atoms with Gasteiger partial charge in [0, 0.05) is 45.5 Å². The average molecular weight is 406 g/mol. The van der Waals surface area contributed by atoms with Gasteiger partial charge in [-0.1, -0.05) is 54.6 Å². The summed E-state index contributed by atoms with van der Waals surface area (Å²) in [5.74, 6) is -0.0986. The van der Waals surface area contributed by atoms with Gasteiger partial charge in [-0.3, -0.25) is 9.48 Å². The first-order valence-corrected chi connectivity index (χ1v) is 9.95. The third kappa shape index (κ3) is 6.77. The molecular weight excluding hydrogens is 378 g/mol. The second kappa shape index (κ2) is 10.8. The van der Waals surface area contributed by atoms with E-state index in [0.29, 0.717) is 26.2 Å². The lowest BCUT2D eigenvalue weighted by atomic mass is 10.1. The smallest absolute Gasteiger partial charge is 0.317 e. The van der Waals surface area contributed by atoms with E-state index in [9.17, 15) is 9.59 Å². The maximum absolute atomic E-state index is 12.2. The van der Waals surface area contributed by atoms with Gasteiger partial charge in [0.2, 0.25) is 5.91 Å². The van der Waals surface area contributed by atoms with Crippen LogP contribution in [-0.2, 0) is 24.4 Å². The predicted octanol–water partition coefficient (Wildman–Crippen LogP) is 2.78. The molecule has 0 radical (unpaired) electrons. The second-order valence-electron chi connectivity index (χ2n) is 7.12. The van der Waals surface area contributed by atoms with Crippen LogP contribution in [0.3, 0.4) is 0 Å². The van der Waals surface area contributed by atoms with Crippen LogP contribution in [0.15, 0.2) is 73.1 Å². The number of aromatic nitrogens is 2. The molecule has 2 N–H and O–H groups in total. The van der Waals surface area contributed by atoms with E-state index in [2.05, 4.69) is 21.8 Å². The van der Waals surface area contributed by atoms with Gasteiger partial charge in [0.1, 0.15) is 0 Å². The summed E-state index contributed by atoms with van der Waals surface area (Å²) in [5.41, 5.74) is 3.21. The first-order chi connectivity index (χ1) is 14.6. The van der Waals surface area contributed by atoms with E-state index < -0.39 is 0 Å². The third-order valence-electron chi connectivity index (χ3n) is 4.62. The highest BCUT2D eigenvalue weighted by atomic mass is 16.2. The summed E-state index contributed by atoms with van der Waals surface area (Å²) >= 11 is 0. The standard InChI is InChI=1S/C23H27N5O2/c1-27(17-19-7-3-2-4-8-19)23(30)24-13-11-22(29)25-16-20-9-5-10-21(15-20)18-28-14-6-12-26-28/h2-10,12,14-15H,11,13,16-18H2,1H3,(H,24,30)(H,25,29). The van der Waals surface area contributed by atoms with Gasteiger partial charge in [0.05, 0.1) is 6.54 Å². The van der Waals surface area contributed by atoms with Gasteiger partial charge in [-0.05, 0) is 22.8 Å². The van der Waals surface area contributed by atoms with Crippen molar-refractivity contribution in [2.24, 2.45) is 0 Å². The Balaban J connectivity index is 1.36. The minimum Gasteiger partial charge on any atom is -0.352 e. The molecule has 2 aromatic carbocycles. The van der Waals surface area contributed by atoms with Crippen LogP contribution >= 0.6 is 0 Å². The summed E-state index contributed by atoms with van der Waals surface area (Å²) in [4.78, 5) is 25.9. The number of benzene rings is 2. The normalized spacial score (nSPS) is 10.4.